The molecule has 1 amide bonds. The van der Waals surface area contributed by atoms with Gasteiger partial charge in [0.1, 0.15) is 0 Å². The SMILES string of the molecule is CC(C)n1c(SCC(=O)Nc2cccc([N+](=O)[O-])c2)nnc1-c1csc2ccccc12. The number of hydrogen-bond donors (Lipinski definition) is 1. The molecule has 0 saturated heterocycles. The predicted octanol–water partition coefficient (Wildman–Crippen LogP) is 5.38. The summed E-state index contributed by atoms with van der Waals surface area (Å²) in [7, 11) is 0. The van der Waals surface area contributed by atoms with Crippen LogP contribution in [0.2, 0.25) is 0 Å². The topological polar surface area (TPSA) is 103 Å². The molecule has 158 valence electrons. The Hall–Kier alpha value is -3.24. The third kappa shape index (κ3) is 4.44. The van der Waals surface area contributed by atoms with E-state index in [1.54, 1.807) is 17.4 Å². The Kier molecular flexibility index (Phi) is 6.01. The van der Waals surface area contributed by atoms with E-state index in [0.717, 1.165) is 16.8 Å². The van der Waals surface area contributed by atoms with E-state index in [4.69, 9.17) is 0 Å². The van der Waals surface area contributed by atoms with Crippen molar-refractivity contribution in [1.82, 2.24) is 14.8 Å². The largest absolute Gasteiger partial charge is 0.325 e. The van der Waals surface area contributed by atoms with Crippen molar-refractivity contribution in [2.24, 2.45) is 0 Å². The van der Waals surface area contributed by atoms with Crippen molar-refractivity contribution in [1.29, 1.82) is 0 Å². The van der Waals surface area contributed by atoms with Crippen molar-refractivity contribution in [2.45, 2.75) is 25.0 Å². The molecule has 2 heterocycles. The Morgan fingerprint density at radius 1 is 1.23 bits per heavy atom. The molecule has 0 radical (unpaired) electrons. The fourth-order valence-electron chi connectivity index (χ4n) is 3.20. The van der Waals surface area contributed by atoms with E-state index < -0.39 is 4.92 Å². The summed E-state index contributed by atoms with van der Waals surface area (Å²) >= 11 is 2.94. The Balaban J connectivity index is 1.52. The highest BCUT2D eigenvalue weighted by Gasteiger charge is 2.20. The quantitative estimate of drug-likeness (QED) is 0.229. The van der Waals surface area contributed by atoms with Crippen molar-refractivity contribution in [3.05, 3.63) is 64.0 Å². The van der Waals surface area contributed by atoms with Gasteiger partial charge >= 0.3 is 0 Å². The number of nitro groups is 1. The number of amides is 1. The second-order valence-corrected chi connectivity index (χ2v) is 8.91. The average Bonchev–Trinajstić information content (AvgIpc) is 3.36. The number of thioether (sulfide) groups is 1. The van der Waals surface area contributed by atoms with Gasteiger partial charge in [0.2, 0.25) is 5.91 Å². The highest BCUT2D eigenvalue weighted by molar-refractivity contribution is 7.99. The zero-order valence-electron chi connectivity index (χ0n) is 16.8. The molecule has 0 bridgehead atoms. The number of aromatic nitrogens is 3. The molecular weight excluding hydrogens is 434 g/mol. The third-order valence-electron chi connectivity index (χ3n) is 4.58. The number of carbonyl (C=O) groups is 1. The maximum atomic E-state index is 12.4. The first-order valence-electron chi connectivity index (χ1n) is 9.52. The first-order chi connectivity index (χ1) is 14.9. The van der Waals surface area contributed by atoms with Gasteiger partial charge in [0.05, 0.1) is 10.7 Å². The van der Waals surface area contributed by atoms with E-state index in [0.29, 0.717) is 10.8 Å². The molecule has 0 aliphatic rings. The monoisotopic (exact) mass is 453 g/mol. The minimum absolute atomic E-state index is 0.0716. The maximum absolute atomic E-state index is 12.4. The van der Waals surface area contributed by atoms with Crippen LogP contribution >= 0.6 is 23.1 Å². The number of benzene rings is 2. The van der Waals surface area contributed by atoms with Gasteiger partial charge < -0.3 is 5.32 Å². The number of fused-ring (bicyclic) bond motifs is 1. The zero-order valence-corrected chi connectivity index (χ0v) is 18.4. The van der Waals surface area contributed by atoms with Crippen LogP contribution in [0.15, 0.2) is 59.1 Å². The molecule has 4 aromatic rings. The number of rotatable bonds is 7. The fourth-order valence-corrected chi connectivity index (χ4v) is 5.01. The molecule has 0 spiro atoms. The van der Waals surface area contributed by atoms with E-state index in [1.807, 2.05) is 16.7 Å². The lowest BCUT2D eigenvalue weighted by Crippen LogP contribution is -2.15. The standard InChI is InChI=1S/C21H19N5O3S2/c1-13(2)25-20(17-11-30-18-9-4-3-8-16(17)18)23-24-21(25)31-12-19(27)22-14-6-5-7-15(10-14)26(28)29/h3-11,13H,12H2,1-2H3,(H,22,27). The average molecular weight is 454 g/mol. The van der Waals surface area contributed by atoms with Gasteiger partial charge in [-0.1, -0.05) is 36.0 Å². The summed E-state index contributed by atoms with van der Waals surface area (Å²) in [5, 5.41) is 26.2. The van der Waals surface area contributed by atoms with Crippen molar-refractivity contribution in [3.63, 3.8) is 0 Å². The number of carbonyl (C=O) groups excluding carboxylic acids is 1. The van der Waals surface area contributed by atoms with E-state index in [9.17, 15) is 14.9 Å². The number of non-ortho nitro benzene ring substituents is 1. The van der Waals surface area contributed by atoms with Gasteiger partial charge in [-0.3, -0.25) is 19.5 Å². The molecule has 0 unspecified atom stereocenters. The van der Waals surface area contributed by atoms with Crippen LogP contribution in [0.3, 0.4) is 0 Å². The summed E-state index contributed by atoms with van der Waals surface area (Å²) in [5.74, 6) is 0.609. The molecule has 10 heteroatoms. The van der Waals surface area contributed by atoms with Gasteiger partial charge in [0.15, 0.2) is 11.0 Å². The van der Waals surface area contributed by atoms with Gasteiger partial charge in [-0.05, 0) is 26.0 Å². The fraction of sp³-hybridized carbons (Fsp3) is 0.190. The zero-order chi connectivity index (χ0) is 22.0. The second-order valence-electron chi connectivity index (χ2n) is 7.06. The minimum atomic E-state index is -0.495. The number of anilines is 1. The summed E-state index contributed by atoms with van der Waals surface area (Å²) in [5.41, 5.74) is 1.34. The molecule has 0 aliphatic carbocycles. The lowest BCUT2D eigenvalue weighted by molar-refractivity contribution is -0.384. The van der Waals surface area contributed by atoms with Gasteiger partial charge in [-0.25, -0.2) is 0 Å². The number of hydrogen-bond acceptors (Lipinski definition) is 7. The van der Waals surface area contributed by atoms with Crippen molar-refractivity contribution in [3.8, 4) is 11.4 Å². The Bertz CT molecular complexity index is 1260. The molecular formula is C21H19N5O3S2. The molecule has 0 fully saturated rings. The van der Waals surface area contributed by atoms with Crippen LogP contribution in [0.25, 0.3) is 21.5 Å². The van der Waals surface area contributed by atoms with Crippen molar-refractivity contribution in [2.75, 3.05) is 11.1 Å². The van der Waals surface area contributed by atoms with E-state index in [1.165, 1.54) is 34.7 Å². The van der Waals surface area contributed by atoms with Crippen LogP contribution in [-0.2, 0) is 4.79 Å². The molecule has 2 aromatic carbocycles. The number of nitrogens with zero attached hydrogens (tertiary/aromatic N) is 4. The maximum Gasteiger partial charge on any atom is 0.271 e. The van der Waals surface area contributed by atoms with Gasteiger partial charge in [0, 0.05) is 44.9 Å². The van der Waals surface area contributed by atoms with E-state index in [-0.39, 0.29) is 23.4 Å². The smallest absolute Gasteiger partial charge is 0.271 e. The van der Waals surface area contributed by atoms with Crippen molar-refractivity contribution >= 4 is 50.5 Å². The second kappa shape index (κ2) is 8.86. The van der Waals surface area contributed by atoms with E-state index >= 15 is 0 Å². The number of thiophene rings is 1. The Labute approximate surface area is 186 Å². The van der Waals surface area contributed by atoms with E-state index in [2.05, 4.69) is 46.9 Å². The molecule has 31 heavy (non-hydrogen) atoms. The van der Waals surface area contributed by atoms with Gasteiger partial charge in [-0.2, -0.15) is 0 Å². The van der Waals surface area contributed by atoms with Crippen LogP contribution in [0.5, 0.6) is 0 Å². The Morgan fingerprint density at radius 3 is 2.81 bits per heavy atom. The highest BCUT2D eigenvalue weighted by Crippen LogP contribution is 2.35. The first-order valence-corrected chi connectivity index (χ1v) is 11.4. The summed E-state index contributed by atoms with van der Waals surface area (Å²) in [6, 6.07) is 14.1. The van der Waals surface area contributed by atoms with Crippen LogP contribution < -0.4 is 5.32 Å². The molecule has 1 N–H and O–H groups in total. The van der Waals surface area contributed by atoms with Crippen LogP contribution in [0.4, 0.5) is 11.4 Å². The molecule has 0 aliphatic heterocycles. The molecule has 4 rings (SSSR count). The summed E-state index contributed by atoms with van der Waals surface area (Å²) in [6.07, 6.45) is 0. The van der Waals surface area contributed by atoms with Gasteiger partial charge in [-0.15, -0.1) is 21.5 Å². The predicted molar refractivity (Wildman–Crippen MR) is 124 cm³/mol. The van der Waals surface area contributed by atoms with Crippen LogP contribution in [-0.4, -0.2) is 31.3 Å². The number of nitro benzene ring substituents is 1. The lowest BCUT2D eigenvalue weighted by Gasteiger charge is -2.13. The minimum Gasteiger partial charge on any atom is -0.325 e. The number of nitrogens with one attached hydrogen (secondary N) is 1. The van der Waals surface area contributed by atoms with Crippen LogP contribution in [0, 0.1) is 10.1 Å². The first kappa shape index (κ1) is 21.0. The van der Waals surface area contributed by atoms with Gasteiger partial charge in [0.25, 0.3) is 5.69 Å². The molecule has 0 saturated carbocycles. The van der Waals surface area contributed by atoms with Crippen molar-refractivity contribution < 1.29 is 9.72 Å². The lowest BCUT2D eigenvalue weighted by atomic mass is 10.1. The molecule has 0 atom stereocenters. The Morgan fingerprint density at radius 2 is 2.03 bits per heavy atom. The third-order valence-corrected chi connectivity index (χ3v) is 6.48. The summed E-state index contributed by atoms with van der Waals surface area (Å²) in [6.45, 7) is 4.10. The summed E-state index contributed by atoms with van der Waals surface area (Å²) in [4.78, 5) is 22.8. The molecule has 8 nitrogen and oxygen atoms in total. The molecule has 2 aromatic heterocycles. The van der Waals surface area contributed by atoms with Crippen LogP contribution in [0.1, 0.15) is 19.9 Å². The summed E-state index contributed by atoms with van der Waals surface area (Å²) < 4.78 is 3.21. The normalized spacial score (nSPS) is 11.2. The highest BCUT2D eigenvalue weighted by atomic mass is 32.2.